The van der Waals surface area contributed by atoms with Crippen LogP contribution in [0.4, 0.5) is 0 Å². The van der Waals surface area contributed by atoms with Gasteiger partial charge in [0.25, 0.3) is 0 Å². The molecule has 1 fully saturated rings. The van der Waals surface area contributed by atoms with E-state index in [1.54, 1.807) is 24.4 Å². The molecule has 0 bridgehead atoms. The van der Waals surface area contributed by atoms with Gasteiger partial charge in [0.15, 0.2) is 0 Å². The Morgan fingerprint density at radius 2 is 1.88 bits per heavy atom. The zero-order valence-corrected chi connectivity index (χ0v) is 12.9. The van der Waals surface area contributed by atoms with E-state index in [9.17, 15) is 20.4 Å². The van der Waals surface area contributed by atoms with Crippen molar-refractivity contribution in [3.05, 3.63) is 30.0 Å². The van der Waals surface area contributed by atoms with E-state index in [0.717, 1.165) is 16.5 Å². The average molecular weight is 339 g/mol. The van der Waals surface area contributed by atoms with Gasteiger partial charge in [0.05, 0.1) is 6.61 Å². The Balaban J connectivity index is 1.82. The van der Waals surface area contributed by atoms with Crippen LogP contribution in [0.3, 0.4) is 0 Å². The van der Waals surface area contributed by atoms with E-state index in [-0.39, 0.29) is 6.61 Å². The maximum atomic E-state index is 10.0. The lowest BCUT2D eigenvalue weighted by atomic mass is 9.99. The van der Waals surface area contributed by atoms with Crippen LogP contribution in [0.5, 0.6) is 5.75 Å². The molecule has 1 aromatic carbocycles. The zero-order valence-electron chi connectivity index (χ0n) is 12.9. The van der Waals surface area contributed by atoms with Gasteiger partial charge in [-0.25, -0.2) is 0 Å². The number of aromatic amines is 1. The van der Waals surface area contributed by atoms with E-state index in [4.69, 9.17) is 14.6 Å². The largest absolute Gasteiger partial charge is 0.462 e. The van der Waals surface area contributed by atoms with Crippen LogP contribution in [0.15, 0.2) is 24.4 Å². The molecule has 0 aliphatic carbocycles. The van der Waals surface area contributed by atoms with Crippen LogP contribution >= 0.6 is 0 Å². The number of aliphatic hydroxyl groups excluding tert-OH is 5. The molecule has 5 atom stereocenters. The van der Waals surface area contributed by atoms with Gasteiger partial charge in [-0.1, -0.05) is 0 Å². The van der Waals surface area contributed by atoms with Gasteiger partial charge in [0.1, 0.15) is 30.2 Å². The Bertz CT molecular complexity index is 686. The third-order valence-electron chi connectivity index (χ3n) is 4.22. The molecule has 6 N–H and O–H groups in total. The molecule has 0 amide bonds. The van der Waals surface area contributed by atoms with E-state index >= 15 is 0 Å². The highest BCUT2D eigenvalue weighted by Gasteiger charge is 2.44. The molecule has 5 unspecified atom stereocenters. The second-order valence-electron chi connectivity index (χ2n) is 5.81. The molecule has 8 heteroatoms. The summed E-state index contributed by atoms with van der Waals surface area (Å²) in [6.07, 6.45) is -4.31. The Morgan fingerprint density at radius 1 is 1.08 bits per heavy atom. The summed E-state index contributed by atoms with van der Waals surface area (Å²) in [7, 11) is 0. The van der Waals surface area contributed by atoms with Gasteiger partial charge in [-0.05, 0) is 30.2 Å². The van der Waals surface area contributed by atoms with Gasteiger partial charge in [0, 0.05) is 23.7 Å². The third kappa shape index (κ3) is 3.12. The molecule has 2 heterocycles. The molecule has 2 aromatic rings. The third-order valence-corrected chi connectivity index (χ3v) is 4.22. The van der Waals surface area contributed by atoms with Crippen molar-refractivity contribution in [1.29, 1.82) is 0 Å². The van der Waals surface area contributed by atoms with Crippen LogP contribution in [-0.2, 0) is 11.2 Å². The van der Waals surface area contributed by atoms with Gasteiger partial charge in [-0.3, -0.25) is 0 Å². The van der Waals surface area contributed by atoms with Crippen molar-refractivity contribution in [3.63, 3.8) is 0 Å². The molecule has 1 aliphatic rings. The lowest BCUT2D eigenvalue weighted by molar-refractivity contribution is -0.277. The van der Waals surface area contributed by atoms with E-state index in [0.29, 0.717) is 12.2 Å². The minimum absolute atomic E-state index is 0.0186. The Hall–Kier alpha value is -1.68. The van der Waals surface area contributed by atoms with Crippen molar-refractivity contribution in [2.45, 2.75) is 37.1 Å². The first-order valence-corrected chi connectivity index (χ1v) is 7.73. The summed E-state index contributed by atoms with van der Waals surface area (Å²) in [6, 6.07) is 5.19. The first-order valence-electron chi connectivity index (χ1n) is 7.73. The maximum Gasteiger partial charge on any atom is 0.229 e. The highest BCUT2D eigenvalue weighted by molar-refractivity contribution is 5.84. The van der Waals surface area contributed by atoms with E-state index < -0.39 is 37.3 Å². The fraction of sp³-hybridized carbons (Fsp3) is 0.500. The van der Waals surface area contributed by atoms with Crippen molar-refractivity contribution >= 4 is 10.9 Å². The van der Waals surface area contributed by atoms with Gasteiger partial charge in [-0.15, -0.1) is 0 Å². The SMILES string of the molecule is OCCc1c[nH]c2ccc(OC3OC(CO)C(O)C(O)C3O)cc12. The predicted molar refractivity (Wildman–Crippen MR) is 83.5 cm³/mol. The summed E-state index contributed by atoms with van der Waals surface area (Å²) in [6.45, 7) is -0.493. The molecular formula is C16H21NO7. The van der Waals surface area contributed by atoms with Crippen LogP contribution in [0, 0.1) is 0 Å². The Labute approximate surface area is 137 Å². The molecule has 3 rings (SSSR count). The number of benzene rings is 1. The minimum atomic E-state index is -1.48. The quantitative estimate of drug-likeness (QED) is 0.406. The summed E-state index contributed by atoms with van der Waals surface area (Å²) >= 11 is 0. The van der Waals surface area contributed by atoms with E-state index in [2.05, 4.69) is 4.98 Å². The monoisotopic (exact) mass is 339 g/mol. The highest BCUT2D eigenvalue weighted by Crippen LogP contribution is 2.28. The van der Waals surface area contributed by atoms with Crippen LogP contribution < -0.4 is 4.74 Å². The summed E-state index contributed by atoms with van der Waals surface area (Å²) in [4.78, 5) is 3.09. The first kappa shape index (κ1) is 17.2. The van der Waals surface area contributed by atoms with E-state index in [1.165, 1.54) is 0 Å². The highest BCUT2D eigenvalue weighted by atomic mass is 16.7. The Kier molecular flexibility index (Phi) is 5.04. The Morgan fingerprint density at radius 3 is 2.58 bits per heavy atom. The van der Waals surface area contributed by atoms with Crippen molar-refractivity contribution in [1.82, 2.24) is 4.98 Å². The first-order chi connectivity index (χ1) is 11.5. The minimum Gasteiger partial charge on any atom is -0.462 e. The number of aliphatic hydroxyl groups is 5. The summed E-state index contributed by atoms with van der Waals surface area (Å²) < 4.78 is 10.9. The van der Waals surface area contributed by atoms with Crippen molar-refractivity contribution in [3.8, 4) is 5.75 Å². The van der Waals surface area contributed by atoms with Crippen molar-refractivity contribution in [2.75, 3.05) is 13.2 Å². The molecule has 0 radical (unpaired) electrons. The number of rotatable bonds is 5. The molecule has 132 valence electrons. The lowest BCUT2D eigenvalue weighted by Gasteiger charge is -2.39. The van der Waals surface area contributed by atoms with Crippen LogP contribution in [0.2, 0.25) is 0 Å². The fourth-order valence-electron chi connectivity index (χ4n) is 2.86. The zero-order chi connectivity index (χ0) is 17.3. The summed E-state index contributed by atoms with van der Waals surface area (Å²) in [5.74, 6) is 0.394. The number of hydrogen-bond acceptors (Lipinski definition) is 7. The number of H-pyrrole nitrogens is 1. The number of fused-ring (bicyclic) bond motifs is 1. The second kappa shape index (κ2) is 7.06. The number of hydrogen-bond donors (Lipinski definition) is 6. The summed E-state index contributed by atoms with van der Waals surface area (Å²) in [5.41, 5.74) is 1.80. The molecule has 1 aliphatic heterocycles. The standard InChI is InChI=1S/C16H21NO7/c18-4-3-8-6-17-11-2-1-9(5-10(8)11)23-16-15(22)14(21)13(20)12(7-19)24-16/h1-2,5-6,12-22H,3-4,7H2. The van der Waals surface area contributed by atoms with Gasteiger partial charge < -0.3 is 40.0 Å². The summed E-state index contributed by atoms with van der Waals surface area (Å²) in [5, 5.41) is 48.7. The smallest absolute Gasteiger partial charge is 0.229 e. The molecule has 24 heavy (non-hydrogen) atoms. The average Bonchev–Trinajstić information content (AvgIpc) is 2.98. The van der Waals surface area contributed by atoms with Gasteiger partial charge >= 0.3 is 0 Å². The molecule has 8 nitrogen and oxygen atoms in total. The topological polar surface area (TPSA) is 135 Å². The fourth-order valence-corrected chi connectivity index (χ4v) is 2.86. The number of ether oxygens (including phenoxy) is 2. The number of aromatic nitrogens is 1. The predicted octanol–water partition coefficient (Wildman–Crippen LogP) is -1.12. The second-order valence-corrected chi connectivity index (χ2v) is 5.81. The van der Waals surface area contributed by atoms with Gasteiger partial charge in [-0.2, -0.15) is 0 Å². The van der Waals surface area contributed by atoms with Crippen molar-refractivity contribution in [2.24, 2.45) is 0 Å². The molecule has 0 spiro atoms. The number of nitrogens with one attached hydrogen (secondary N) is 1. The van der Waals surface area contributed by atoms with Crippen LogP contribution in [-0.4, -0.2) is 74.4 Å². The molecule has 1 aromatic heterocycles. The molecule has 1 saturated heterocycles. The molecular weight excluding hydrogens is 318 g/mol. The lowest BCUT2D eigenvalue weighted by Crippen LogP contribution is -2.60. The normalized spacial score (nSPS) is 30.6. The van der Waals surface area contributed by atoms with Crippen LogP contribution in [0.25, 0.3) is 10.9 Å². The van der Waals surface area contributed by atoms with Crippen LogP contribution in [0.1, 0.15) is 5.56 Å². The van der Waals surface area contributed by atoms with Gasteiger partial charge in [0.2, 0.25) is 6.29 Å². The maximum absolute atomic E-state index is 10.0. The van der Waals surface area contributed by atoms with Crippen molar-refractivity contribution < 1.29 is 35.0 Å². The molecule has 0 saturated carbocycles. The van der Waals surface area contributed by atoms with E-state index in [1.807, 2.05) is 0 Å².